The van der Waals surface area contributed by atoms with Gasteiger partial charge < -0.3 is 4.74 Å². The Labute approximate surface area is 80.7 Å². The zero-order valence-electron chi connectivity index (χ0n) is 8.71. The van der Waals surface area contributed by atoms with Crippen molar-refractivity contribution in [3.05, 3.63) is 0 Å². The van der Waals surface area contributed by atoms with Crippen molar-refractivity contribution in [2.75, 3.05) is 0 Å². The maximum absolute atomic E-state index is 11.0. The van der Waals surface area contributed by atoms with Crippen molar-refractivity contribution in [1.82, 2.24) is 0 Å². The summed E-state index contributed by atoms with van der Waals surface area (Å²) in [5, 5.41) is 0. The van der Waals surface area contributed by atoms with Gasteiger partial charge in [-0.3, -0.25) is 4.79 Å². The van der Waals surface area contributed by atoms with Crippen LogP contribution in [0.3, 0.4) is 0 Å². The molecule has 1 rings (SSSR count). The van der Waals surface area contributed by atoms with E-state index in [9.17, 15) is 4.79 Å². The Morgan fingerprint density at radius 3 is 2.31 bits per heavy atom. The van der Waals surface area contributed by atoms with Crippen molar-refractivity contribution in [2.24, 2.45) is 5.92 Å². The van der Waals surface area contributed by atoms with Gasteiger partial charge in [0, 0.05) is 6.42 Å². The molecule has 0 radical (unpaired) electrons. The monoisotopic (exact) mass is 184 g/mol. The van der Waals surface area contributed by atoms with E-state index in [0.29, 0.717) is 6.42 Å². The summed E-state index contributed by atoms with van der Waals surface area (Å²) in [4.78, 5) is 11.0. The molecular weight excluding hydrogens is 164 g/mol. The lowest BCUT2D eigenvalue weighted by atomic mass is 9.86. The lowest BCUT2D eigenvalue weighted by Gasteiger charge is -2.27. The molecule has 1 fully saturated rings. The summed E-state index contributed by atoms with van der Waals surface area (Å²) in [5.74, 6) is 0.830. The minimum Gasteiger partial charge on any atom is -0.462 e. The third kappa shape index (κ3) is 3.37. The maximum atomic E-state index is 11.0. The van der Waals surface area contributed by atoms with Crippen molar-refractivity contribution in [2.45, 2.75) is 58.5 Å². The Hall–Kier alpha value is -0.530. The molecule has 0 aliphatic heterocycles. The minimum absolute atomic E-state index is 0.0417. The van der Waals surface area contributed by atoms with Gasteiger partial charge in [-0.1, -0.05) is 20.3 Å². The maximum Gasteiger partial charge on any atom is 0.305 e. The fraction of sp³-hybridized carbons (Fsp3) is 0.909. The zero-order chi connectivity index (χ0) is 9.68. The Balaban J connectivity index is 2.21. The van der Waals surface area contributed by atoms with Crippen LogP contribution in [0.4, 0.5) is 0 Å². The molecule has 0 N–H and O–H groups in total. The van der Waals surface area contributed by atoms with E-state index in [4.69, 9.17) is 4.74 Å². The summed E-state index contributed by atoms with van der Waals surface area (Å²) < 4.78 is 5.29. The smallest absolute Gasteiger partial charge is 0.305 e. The Kier molecular flexibility index (Phi) is 4.26. The number of carbonyl (C=O) groups is 1. The van der Waals surface area contributed by atoms with E-state index in [-0.39, 0.29) is 12.1 Å². The van der Waals surface area contributed by atoms with Crippen molar-refractivity contribution in [3.63, 3.8) is 0 Å². The Bertz CT molecular complexity index is 157. The van der Waals surface area contributed by atoms with Crippen LogP contribution in [0.25, 0.3) is 0 Å². The van der Waals surface area contributed by atoms with Gasteiger partial charge in [0.15, 0.2) is 0 Å². The molecule has 0 aromatic rings. The second-order valence-corrected chi connectivity index (χ2v) is 3.89. The highest BCUT2D eigenvalue weighted by molar-refractivity contribution is 5.69. The van der Waals surface area contributed by atoms with E-state index < -0.39 is 0 Å². The Morgan fingerprint density at radius 1 is 1.23 bits per heavy atom. The number of ether oxygens (including phenoxy) is 1. The summed E-state index contributed by atoms with van der Waals surface area (Å²) in [6.07, 6.45) is 6.61. The largest absolute Gasteiger partial charge is 0.462 e. The van der Waals surface area contributed by atoms with E-state index in [1.54, 1.807) is 0 Å². The number of rotatable bonds is 3. The molecule has 0 atom stereocenters. The lowest BCUT2D eigenvalue weighted by molar-refractivity contribution is -0.150. The molecule has 2 nitrogen and oxygen atoms in total. The number of hydrogen-bond donors (Lipinski definition) is 0. The Morgan fingerprint density at radius 2 is 1.85 bits per heavy atom. The van der Waals surface area contributed by atoms with Crippen molar-refractivity contribution in [3.8, 4) is 0 Å². The minimum atomic E-state index is -0.0417. The van der Waals surface area contributed by atoms with Gasteiger partial charge in [-0.25, -0.2) is 0 Å². The average Bonchev–Trinajstić information content (AvgIpc) is 2.19. The summed E-state index contributed by atoms with van der Waals surface area (Å²) in [7, 11) is 0. The van der Waals surface area contributed by atoms with Gasteiger partial charge in [0.1, 0.15) is 6.10 Å². The predicted octanol–water partition coefficient (Wildman–Crippen LogP) is 2.91. The van der Waals surface area contributed by atoms with Gasteiger partial charge in [-0.05, 0) is 31.6 Å². The molecule has 2 heteroatoms. The molecule has 0 amide bonds. The van der Waals surface area contributed by atoms with Crippen LogP contribution in [0.5, 0.6) is 0 Å². The lowest BCUT2D eigenvalue weighted by Crippen LogP contribution is -2.23. The molecule has 1 saturated carbocycles. The van der Waals surface area contributed by atoms with Gasteiger partial charge in [-0.2, -0.15) is 0 Å². The van der Waals surface area contributed by atoms with Crippen molar-refractivity contribution < 1.29 is 9.53 Å². The highest BCUT2D eigenvalue weighted by Gasteiger charge is 2.22. The van der Waals surface area contributed by atoms with Crippen LogP contribution in [0.15, 0.2) is 0 Å². The van der Waals surface area contributed by atoms with Crippen LogP contribution in [0.2, 0.25) is 0 Å². The third-order valence-electron chi connectivity index (χ3n) is 2.96. The quantitative estimate of drug-likeness (QED) is 0.630. The van der Waals surface area contributed by atoms with Gasteiger partial charge in [0.05, 0.1) is 0 Å². The van der Waals surface area contributed by atoms with Gasteiger partial charge in [0.2, 0.25) is 0 Å². The first-order valence-electron chi connectivity index (χ1n) is 5.45. The van der Waals surface area contributed by atoms with Crippen LogP contribution in [0.1, 0.15) is 52.4 Å². The van der Waals surface area contributed by atoms with E-state index in [0.717, 1.165) is 18.8 Å². The average molecular weight is 184 g/mol. The number of carbonyl (C=O) groups excluding carboxylic acids is 1. The second kappa shape index (κ2) is 5.25. The van der Waals surface area contributed by atoms with Gasteiger partial charge in [0.25, 0.3) is 0 Å². The molecule has 0 heterocycles. The van der Waals surface area contributed by atoms with Crippen LogP contribution >= 0.6 is 0 Å². The van der Waals surface area contributed by atoms with Crippen LogP contribution in [-0.4, -0.2) is 12.1 Å². The SMILES string of the molecule is CCC(=O)OC1CCC(CC)CC1. The molecule has 0 saturated heterocycles. The number of esters is 1. The van der Waals surface area contributed by atoms with E-state index in [1.807, 2.05) is 6.92 Å². The molecule has 1 aliphatic carbocycles. The first-order chi connectivity index (χ1) is 6.26. The van der Waals surface area contributed by atoms with Crippen molar-refractivity contribution >= 4 is 5.97 Å². The third-order valence-corrected chi connectivity index (χ3v) is 2.96. The standard InChI is InChI=1S/C11H20O2/c1-3-9-5-7-10(8-6-9)13-11(12)4-2/h9-10H,3-8H2,1-2H3. The molecule has 76 valence electrons. The second-order valence-electron chi connectivity index (χ2n) is 3.89. The van der Waals surface area contributed by atoms with Gasteiger partial charge in [-0.15, -0.1) is 0 Å². The molecule has 13 heavy (non-hydrogen) atoms. The molecule has 1 aliphatic rings. The molecule has 0 bridgehead atoms. The first-order valence-corrected chi connectivity index (χ1v) is 5.45. The molecular formula is C11H20O2. The molecule has 0 aromatic heterocycles. The normalized spacial score (nSPS) is 28.5. The molecule has 0 spiro atoms. The highest BCUT2D eigenvalue weighted by atomic mass is 16.5. The van der Waals surface area contributed by atoms with Crippen molar-refractivity contribution in [1.29, 1.82) is 0 Å². The van der Waals surface area contributed by atoms with Gasteiger partial charge >= 0.3 is 5.97 Å². The summed E-state index contributed by atoms with van der Waals surface area (Å²) in [6, 6.07) is 0. The summed E-state index contributed by atoms with van der Waals surface area (Å²) >= 11 is 0. The topological polar surface area (TPSA) is 26.3 Å². The summed E-state index contributed by atoms with van der Waals surface area (Å²) in [6.45, 7) is 4.09. The summed E-state index contributed by atoms with van der Waals surface area (Å²) in [5.41, 5.74) is 0. The van der Waals surface area contributed by atoms with Crippen LogP contribution < -0.4 is 0 Å². The van der Waals surface area contributed by atoms with Crippen LogP contribution in [0, 0.1) is 5.92 Å². The fourth-order valence-electron chi connectivity index (χ4n) is 1.93. The zero-order valence-corrected chi connectivity index (χ0v) is 8.71. The fourth-order valence-corrected chi connectivity index (χ4v) is 1.93. The van der Waals surface area contributed by atoms with E-state index in [1.165, 1.54) is 19.3 Å². The van der Waals surface area contributed by atoms with E-state index in [2.05, 4.69) is 6.92 Å². The molecule has 0 aromatic carbocycles. The van der Waals surface area contributed by atoms with E-state index >= 15 is 0 Å². The van der Waals surface area contributed by atoms with Crippen LogP contribution in [-0.2, 0) is 9.53 Å². The molecule has 0 unspecified atom stereocenters. The first kappa shape index (κ1) is 10.6. The number of hydrogen-bond acceptors (Lipinski definition) is 2. The highest BCUT2D eigenvalue weighted by Crippen LogP contribution is 2.28. The predicted molar refractivity (Wildman–Crippen MR) is 52.4 cm³/mol.